The van der Waals surface area contributed by atoms with Crippen molar-refractivity contribution in [2.24, 2.45) is 0 Å². The van der Waals surface area contributed by atoms with E-state index in [0.29, 0.717) is 11.5 Å². The van der Waals surface area contributed by atoms with Crippen molar-refractivity contribution in [2.75, 3.05) is 19.0 Å². The lowest BCUT2D eigenvalue weighted by molar-refractivity contribution is -0.120. The van der Waals surface area contributed by atoms with Crippen LogP contribution in [0.3, 0.4) is 0 Å². The van der Waals surface area contributed by atoms with E-state index < -0.39 is 11.8 Å². The molecule has 0 atom stereocenters. The molecular formula is C21H20BrN3O5. The lowest BCUT2D eigenvalue weighted by Crippen LogP contribution is -2.44. The fourth-order valence-electron chi connectivity index (χ4n) is 2.41. The normalized spacial score (nSPS) is 10.2. The third kappa shape index (κ3) is 6.28. The fourth-order valence-corrected chi connectivity index (χ4v) is 2.79. The third-order valence-electron chi connectivity index (χ3n) is 3.92. The Morgan fingerprint density at radius 2 is 1.80 bits per heavy atom. The second-order valence-electron chi connectivity index (χ2n) is 6.10. The third-order valence-corrected chi connectivity index (χ3v) is 4.41. The molecule has 9 heteroatoms. The standard InChI is InChI=1S/C21H20BrN3O5/c1-28-16-7-5-15(6-8-16)23-12-20(26)24-25-21(27)19-10-9-18(30-19)13-29-17-4-2-3-14(22)11-17/h2-11,23H,12-13H2,1H3,(H,24,26)(H,25,27). The SMILES string of the molecule is COc1ccc(NCC(=O)NNC(=O)c2ccc(COc3cccc(Br)c3)o2)cc1. The van der Waals surface area contributed by atoms with Crippen LogP contribution in [0.5, 0.6) is 11.5 Å². The zero-order chi connectivity index (χ0) is 21.3. The molecule has 0 radical (unpaired) electrons. The smallest absolute Gasteiger partial charge is 0.305 e. The summed E-state index contributed by atoms with van der Waals surface area (Å²) < 4.78 is 17.0. The van der Waals surface area contributed by atoms with Gasteiger partial charge in [-0.1, -0.05) is 22.0 Å². The van der Waals surface area contributed by atoms with E-state index in [9.17, 15) is 9.59 Å². The topological polar surface area (TPSA) is 102 Å². The van der Waals surface area contributed by atoms with Gasteiger partial charge in [-0.2, -0.15) is 0 Å². The summed E-state index contributed by atoms with van der Waals surface area (Å²) >= 11 is 3.37. The molecule has 0 bridgehead atoms. The number of halogens is 1. The molecule has 8 nitrogen and oxygen atoms in total. The van der Waals surface area contributed by atoms with Crippen molar-refractivity contribution >= 4 is 33.4 Å². The number of ether oxygens (including phenoxy) is 2. The Kier molecular flexibility index (Phi) is 7.34. The van der Waals surface area contributed by atoms with Crippen LogP contribution >= 0.6 is 15.9 Å². The van der Waals surface area contributed by atoms with Crippen LogP contribution in [0.4, 0.5) is 5.69 Å². The number of hydrogen-bond donors (Lipinski definition) is 3. The molecule has 0 saturated carbocycles. The van der Waals surface area contributed by atoms with Gasteiger partial charge in [-0.15, -0.1) is 0 Å². The maximum atomic E-state index is 12.1. The number of carbonyl (C=O) groups excluding carboxylic acids is 2. The highest BCUT2D eigenvalue weighted by molar-refractivity contribution is 9.10. The first-order valence-corrected chi connectivity index (χ1v) is 9.77. The molecule has 1 aromatic heterocycles. The number of furan rings is 1. The van der Waals surface area contributed by atoms with Crippen molar-refractivity contribution in [3.8, 4) is 11.5 Å². The fraction of sp³-hybridized carbons (Fsp3) is 0.143. The number of hydrazine groups is 1. The zero-order valence-electron chi connectivity index (χ0n) is 16.1. The molecule has 0 aliphatic carbocycles. The highest BCUT2D eigenvalue weighted by atomic mass is 79.9. The van der Waals surface area contributed by atoms with Crippen molar-refractivity contribution in [3.63, 3.8) is 0 Å². The molecule has 3 rings (SSSR count). The summed E-state index contributed by atoms with van der Waals surface area (Å²) in [6, 6.07) is 17.7. The van der Waals surface area contributed by atoms with E-state index in [0.717, 1.165) is 15.9 Å². The number of anilines is 1. The molecule has 0 fully saturated rings. The second kappa shape index (κ2) is 10.4. The van der Waals surface area contributed by atoms with E-state index >= 15 is 0 Å². The first kappa shape index (κ1) is 21.3. The molecule has 0 saturated heterocycles. The van der Waals surface area contributed by atoms with Crippen LogP contribution in [0.25, 0.3) is 0 Å². The van der Waals surface area contributed by atoms with Crippen molar-refractivity contribution in [2.45, 2.75) is 6.61 Å². The molecule has 2 amide bonds. The van der Waals surface area contributed by atoms with Gasteiger partial charge >= 0.3 is 5.91 Å². The van der Waals surface area contributed by atoms with Gasteiger partial charge in [-0.05, 0) is 54.6 Å². The van der Waals surface area contributed by atoms with Gasteiger partial charge in [0, 0.05) is 10.2 Å². The Hall–Kier alpha value is -3.46. The molecule has 2 aromatic carbocycles. The quantitative estimate of drug-likeness (QED) is 0.432. The Bertz CT molecular complexity index is 1000. The lowest BCUT2D eigenvalue weighted by atomic mass is 10.3. The van der Waals surface area contributed by atoms with Gasteiger partial charge in [0.15, 0.2) is 5.76 Å². The van der Waals surface area contributed by atoms with Gasteiger partial charge in [0.25, 0.3) is 5.91 Å². The maximum Gasteiger partial charge on any atom is 0.305 e. The largest absolute Gasteiger partial charge is 0.497 e. The molecule has 0 spiro atoms. The van der Waals surface area contributed by atoms with E-state index in [2.05, 4.69) is 32.1 Å². The Labute approximate surface area is 181 Å². The highest BCUT2D eigenvalue weighted by Gasteiger charge is 2.12. The minimum absolute atomic E-state index is 0.0174. The summed E-state index contributed by atoms with van der Waals surface area (Å²) in [5, 5.41) is 2.94. The molecule has 0 aliphatic rings. The summed E-state index contributed by atoms with van der Waals surface area (Å²) in [7, 11) is 1.58. The van der Waals surface area contributed by atoms with Crippen LogP contribution in [0.1, 0.15) is 16.3 Å². The number of benzene rings is 2. The molecule has 1 heterocycles. The minimum atomic E-state index is -0.568. The summed E-state index contributed by atoms with van der Waals surface area (Å²) in [4.78, 5) is 24.0. The summed E-state index contributed by atoms with van der Waals surface area (Å²) in [5.74, 6) is 0.949. The molecule has 0 aliphatic heterocycles. The van der Waals surface area contributed by atoms with Crippen molar-refractivity contribution in [1.82, 2.24) is 10.9 Å². The zero-order valence-corrected chi connectivity index (χ0v) is 17.7. The summed E-state index contributed by atoms with van der Waals surface area (Å²) in [6.45, 7) is 0.151. The number of hydrogen-bond acceptors (Lipinski definition) is 6. The van der Waals surface area contributed by atoms with Crippen molar-refractivity contribution in [3.05, 3.63) is 76.7 Å². The van der Waals surface area contributed by atoms with E-state index in [-0.39, 0.29) is 18.9 Å². The minimum Gasteiger partial charge on any atom is -0.497 e. The monoisotopic (exact) mass is 473 g/mol. The molecular weight excluding hydrogens is 454 g/mol. The Morgan fingerprint density at radius 1 is 1.00 bits per heavy atom. The predicted octanol–water partition coefficient (Wildman–Crippen LogP) is 3.50. The van der Waals surface area contributed by atoms with Gasteiger partial charge in [-0.25, -0.2) is 0 Å². The summed E-state index contributed by atoms with van der Waals surface area (Å²) in [5.41, 5.74) is 5.38. The maximum absolute atomic E-state index is 12.1. The number of carbonyl (C=O) groups is 2. The van der Waals surface area contributed by atoms with Gasteiger partial charge in [-0.3, -0.25) is 20.4 Å². The van der Waals surface area contributed by atoms with Gasteiger partial charge in [0.1, 0.15) is 23.9 Å². The molecule has 156 valence electrons. The van der Waals surface area contributed by atoms with Crippen molar-refractivity contribution in [1.29, 1.82) is 0 Å². The number of rotatable bonds is 8. The van der Waals surface area contributed by atoms with Gasteiger partial charge < -0.3 is 19.2 Å². The van der Waals surface area contributed by atoms with E-state index in [4.69, 9.17) is 13.9 Å². The first-order valence-electron chi connectivity index (χ1n) is 8.97. The average Bonchev–Trinajstić information content (AvgIpc) is 3.24. The van der Waals surface area contributed by atoms with Crippen LogP contribution in [-0.4, -0.2) is 25.5 Å². The number of methoxy groups -OCH3 is 1. The molecule has 3 N–H and O–H groups in total. The van der Waals surface area contributed by atoms with Crippen LogP contribution in [0.15, 0.2) is 69.6 Å². The molecule has 30 heavy (non-hydrogen) atoms. The molecule has 0 unspecified atom stereocenters. The van der Waals surface area contributed by atoms with Gasteiger partial charge in [0.05, 0.1) is 13.7 Å². The molecule has 3 aromatic rings. The van der Waals surface area contributed by atoms with E-state index in [1.807, 2.05) is 24.3 Å². The van der Waals surface area contributed by atoms with E-state index in [1.165, 1.54) is 6.07 Å². The Morgan fingerprint density at radius 3 is 2.53 bits per heavy atom. The van der Waals surface area contributed by atoms with Crippen LogP contribution < -0.4 is 25.6 Å². The average molecular weight is 474 g/mol. The number of amides is 2. The first-order chi connectivity index (χ1) is 14.5. The van der Waals surface area contributed by atoms with Crippen LogP contribution in [-0.2, 0) is 11.4 Å². The van der Waals surface area contributed by atoms with E-state index in [1.54, 1.807) is 37.4 Å². The Balaban J connectivity index is 1.41. The lowest BCUT2D eigenvalue weighted by Gasteiger charge is -2.09. The highest BCUT2D eigenvalue weighted by Crippen LogP contribution is 2.19. The number of nitrogens with one attached hydrogen (secondary N) is 3. The van der Waals surface area contributed by atoms with Crippen molar-refractivity contribution < 1.29 is 23.5 Å². The summed E-state index contributed by atoms with van der Waals surface area (Å²) in [6.07, 6.45) is 0. The van der Waals surface area contributed by atoms with Crippen LogP contribution in [0, 0.1) is 0 Å². The van der Waals surface area contributed by atoms with Gasteiger partial charge in [0.2, 0.25) is 0 Å². The second-order valence-corrected chi connectivity index (χ2v) is 7.01. The van der Waals surface area contributed by atoms with Crippen LogP contribution in [0.2, 0.25) is 0 Å². The predicted molar refractivity (Wildman–Crippen MR) is 114 cm³/mol.